The Balaban J connectivity index is 3.99. The quantitative estimate of drug-likeness (QED) is 0.293. The molecule has 17 heavy (non-hydrogen) atoms. The third kappa shape index (κ3) is 10.9. The van der Waals surface area contributed by atoms with E-state index in [1.54, 1.807) is 0 Å². The monoisotopic (exact) mass is 276 g/mol. The van der Waals surface area contributed by atoms with Crippen LogP contribution >= 0.6 is 0 Å². The highest BCUT2D eigenvalue weighted by atomic mass is 28.4. The molecule has 3 nitrogen and oxygen atoms in total. The minimum Gasteiger partial charge on any atom is -0.415 e. The van der Waals surface area contributed by atoms with E-state index in [1.807, 2.05) is 6.92 Å². The van der Waals surface area contributed by atoms with Gasteiger partial charge in [-0.25, -0.2) is 0 Å². The first-order chi connectivity index (χ1) is 7.51. The second-order valence-corrected chi connectivity index (χ2v) is 15.2. The Bertz CT molecular complexity index is 241. The van der Waals surface area contributed by atoms with Gasteiger partial charge in [0.1, 0.15) is 0 Å². The maximum Gasteiger partial charge on any atom is 0.187 e. The topological polar surface area (TPSA) is 27.7 Å². The average molecular weight is 277 g/mol. The number of rotatable bonds is 8. The molecule has 102 valence electrons. The minimum absolute atomic E-state index is 0.285. The molecular formula is C12H28O3Si2. The largest absolute Gasteiger partial charge is 0.415 e. The molecule has 0 saturated carbocycles. The molecule has 0 rings (SSSR count). The average Bonchev–Trinajstić information content (AvgIpc) is 2.06. The summed E-state index contributed by atoms with van der Waals surface area (Å²) in [5.74, 6) is 0. The minimum atomic E-state index is -1.60. The van der Waals surface area contributed by atoms with Crippen LogP contribution in [-0.4, -0.2) is 36.1 Å². The smallest absolute Gasteiger partial charge is 0.187 e. The molecule has 0 heterocycles. The normalized spacial score (nSPS) is 14.8. The van der Waals surface area contributed by atoms with Crippen LogP contribution in [0.5, 0.6) is 0 Å². The van der Waals surface area contributed by atoms with Gasteiger partial charge in [-0.3, -0.25) is 0 Å². The molecule has 0 aromatic rings. The molecule has 0 aliphatic carbocycles. The summed E-state index contributed by atoms with van der Waals surface area (Å²) in [5, 5.41) is 0. The van der Waals surface area contributed by atoms with Crippen molar-refractivity contribution in [2.24, 2.45) is 0 Å². The molecule has 0 aromatic heterocycles. The molecule has 0 aromatic carbocycles. The van der Waals surface area contributed by atoms with Crippen molar-refractivity contribution in [2.75, 3.05) is 13.2 Å². The number of hydrogen-bond acceptors (Lipinski definition) is 3. The Morgan fingerprint density at radius 3 is 1.88 bits per heavy atom. The van der Waals surface area contributed by atoms with Gasteiger partial charge < -0.3 is 13.6 Å². The molecule has 0 saturated heterocycles. The van der Waals surface area contributed by atoms with Crippen LogP contribution in [0.3, 0.4) is 0 Å². The molecule has 1 unspecified atom stereocenters. The molecule has 0 aliphatic rings. The van der Waals surface area contributed by atoms with Crippen molar-refractivity contribution in [3.8, 4) is 0 Å². The Morgan fingerprint density at radius 2 is 1.53 bits per heavy atom. The van der Waals surface area contributed by atoms with E-state index in [0.29, 0.717) is 13.2 Å². The van der Waals surface area contributed by atoms with Crippen molar-refractivity contribution in [1.82, 2.24) is 0 Å². The lowest BCUT2D eigenvalue weighted by Crippen LogP contribution is -2.35. The summed E-state index contributed by atoms with van der Waals surface area (Å²) in [6.45, 7) is 20.0. The summed E-state index contributed by atoms with van der Waals surface area (Å²) in [6.07, 6.45) is -0.285. The van der Waals surface area contributed by atoms with E-state index in [0.717, 1.165) is 5.57 Å². The first kappa shape index (κ1) is 17.1. The predicted octanol–water partition coefficient (Wildman–Crippen LogP) is 3.61. The number of ether oxygens (including phenoxy) is 1. The van der Waals surface area contributed by atoms with Gasteiger partial charge in [0, 0.05) is 0 Å². The predicted molar refractivity (Wildman–Crippen MR) is 78.3 cm³/mol. The first-order valence-corrected chi connectivity index (χ1v) is 12.9. The van der Waals surface area contributed by atoms with E-state index in [4.69, 9.17) is 13.6 Å². The van der Waals surface area contributed by atoms with Crippen molar-refractivity contribution in [1.29, 1.82) is 0 Å². The Labute approximate surface area is 108 Å². The third-order valence-electron chi connectivity index (χ3n) is 1.75. The second-order valence-electron chi connectivity index (χ2n) is 6.24. The zero-order valence-electron chi connectivity index (χ0n) is 12.4. The summed E-state index contributed by atoms with van der Waals surface area (Å²) in [4.78, 5) is 0. The SMILES string of the molecule is C=C(C)C(OCCO[Si](C)(C)C)O[Si](C)(C)C. The van der Waals surface area contributed by atoms with Crippen LogP contribution in [0.4, 0.5) is 0 Å². The van der Waals surface area contributed by atoms with Gasteiger partial charge in [0.05, 0.1) is 13.2 Å². The Kier molecular flexibility index (Phi) is 6.87. The van der Waals surface area contributed by atoms with Crippen LogP contribution in [0.15, 0.2) is 12.2 Å². The van der Waals surface area contributed by atoms with E-state index in [1.165, 1.54) is 0 Å². The maximum absolute atomic E-state index is 5.90. The van der Waals surface area contributed by atoms with E-state index in [9.17, 15) is 0 Å². The fourth-order valence-electron chi connectivity index (χ4n) is 1.10. The summed E-state index contributed by atoms with van der Waals surface area (Å²) < 4.78 is 17.3. The van der Waals surface area contributed by atoms with E-state index in [2.05, 4.69) is 45.9 Å². The highest BCUT2D eigenvalue weighted by Gasteiger charge is 2.22. The lowest BCUT2D eigenvalue weighted by atomic mass is 10.3. The zero-order chi connectivity index (χ0) is 13.7. The molecule has 0 aliphatic heterocycles. The fourth-order valence-corrected chi connectivity index (χ4v) is 2.71. The van der Waals surface area contributed by atoms with Gasteiger partial charge in [0.15, 0.2) is 22.9 Å². The second kappa shape index (κ2) is 6.85. The Morgan fingerprint density at radius 1 is 1.00 bits per heavy atom. The summed E-state index contributed by atoms with van der Waals surface area (Å²) in [7, 11) is -3.04. The van der Waals surface area contributed by atoms with E-state index < -0.39 is 16.6 Å². The standard InChI is InChI=1S/C12H28O3Si2/c1-11(2)12(15-17(6,7)8)13-9-10-14-16(3,4)5/h12H,1,9-10H2,2-8H3. The lowest BCUT2D eigenvalue weighted by molar-refractivity contribution is -0.0672. The van der Waals surface area contributed by atoms with Gasteiger partial charge in [0.25, 0.3) is 0 Å². The summed E-state index contributed by atoms with van der Waals surface area (Å²) >= 11 is 0. The van der Waals surface area contributed by atoms with Gasteiger partial charge in [0.2, 0.25) is 0 Å². The van der Waals surface area contributed by atoms with Crippen molar-refractivity contribution in [2.45, 2.75) is 52.5 Å². The molecule has 1 atom stereocenters. The molecule has 0 fully saturated rings. The highest BCUT2D eigenvalue weighted by Crippen LogP contribution is 2.14. The molecule has 5 heteroatoms. The van der Waals surface area contributed by atoms with Crippen LogP contribution in [0.25, 0.3) is 0 Å². The van der Waals surface area contributed by atoms with Crippen LogP contribution < -0.4 is 0 Å². The van der Waals surface area contributed by atoms with Crippen molar-refractivity contribution in [3.63, 3.8) is 0 Å². The van der Waals surface area contributed by atoms with Crippen LogP contribution in [0.1, 0.15) is 6.92 Å². The maximum atomic E-state index is 5.90. The molecule has 0 bridgehead atoms. The summed E-state index contributed by atoms with van der Waals surface area (Å²) in [6, 6.07) is 0. The Hall–Kier alpha value is 0.0538. The van der Waals surface area contributed by atoms with Crippen molar-refractivity contribution in [3.05, 3.63) is 12.2 Å². The van der Waals surface area contributed by atoms with Crippen molar-refractivity contribution >= 4 is 16.6 Å². The number of hydrogen-bond donors (Lipinski definition) is 0. The molecule has 0 spiro atoms. The van der Waals surface area contributed by atoms with Crippen molar-refractivity contribution < 1.29 is 13.6 Å². The lowest BCUT2D eigenvalue weighted by Gasteiger charge is -2.27. The first-order valence-electron chi connectivity index (χ1n) is 6.10. The molecular weight excluding hydrogens is 248 g/mol. The van der Waals surface area contributed by atoms with Crippen LogP contribution in [0, 0.1) is 0 Å². The van der Waals surface area contributed by atoms with Gasteiger partial charge in [-0.15, -0.1) is 0 Å². The zero-order valence-corrected chi connectivity index (χ0v) is 14.4. The van der Waals surface area contributed by atoms with Crippen LogP contribution in [0.2, 0.25) is 39.3 Å². The van der Waals surface area contributed by atoms with E-state index in [-0.39, 0.29) is 6.29 Å². The fraction of sp³-hybridized carbons (Fsp3) is 0.833. The van der Waals surface area contributed by atoms with Gasteiger partial charge in [-0.1, -0.05) is 6.58 Å². The summed E-state index contributed by atoms with van der Waals surface area (Å²) in [5.41, 5.74) is 0.917. The molecule has 0 radical (unpaired) electrons. The van der Waals surface area contributed by atoms with Gasteiger partial charge in [-0.05, 0) is 51.8 Å². The highest BCUT2D eigenvalue weighted by molar-refractivity contribution is 6.70. The molecule has 0 N–H and O–H groups in total. The molecule has 0 amide bonds. The third-order valence-corrected chi connectivity index (χ3v) is 3.74. The van der Waals surface area contributed by atoms with Crippen LogP contribution in [-0.2, 0) is 13.6 Å². The van der Waals surface area contributed by atoms with E-state index >= 15 is 0 Å². The van der Waals surface area contributed by atoms with Gasteiger partial charge >= 0.3 is 0 Å². The van der Waals surface area contributed by atoms with Gasteiger partial charge in [-0.2, -0.15) is 0 Å².